The lowest BCUT2D eigenvalue weighted by molar-refractivity contribution is 0.103. The summed E-state index contributed by atoms with van der Waals surface area (Å²) in [6, 6.07) is 18.6. The standard InChI is InChI=1S/C13H10O.BH2P/c14-13(11-7-3-1-4-8-11)12-9-5-2-6-10-12;1-2/h1-10H;2H2. The first kappa shape index (κ1) is 12.7. The molecule has 0 heterocycles. The van der Waals surface area contributed by atoms with E-state index in [1.165, 1.54) is 0 Å². The lowest BCUT2D eigenvalue weighted by Crippen LogP contribution is -1.99. The zero-order chi connectivity index (χ0) is 11.8. The molecule has 0 aliphatic heterocycles. The molecule has 1 atom stereocenters. The number of ketones is 1. The molecule has 0 aliphatic rings. The Morgan fingerprint density at radius 2 is 1.06 bits per heavy atom. The molecule has 1 nitrogen and oxygen atoms in total. The fraction of sp³-hybridized carbons (Fsp3) is 0. The number of hydrogen-bond acceptors (Lipinski definition) is 1. The van der Waals surface area contributed by atoms with E-state index in [-0.39, 0.29) is 5.78 Å². The molecule has 0 aromatic heterocycles. The van der Waals surface area contributed by atoms with Crippen LogP contribution in [0.1, 0.15) is 15.9 Å². The first-order valence-corrected chi connectivity index (χ1v) is 5.53. The summed E-state index contributed by atoms with van der Waals surface area (Å²) in [4.78, 5) is 11.8. The van der Waals surface area contributed by atoms with Crippen molar-refractivity contribution in [3.63, 3.8) is 0 Å². The second-order valence-corrected chi connectivity index (χ2v) is 3.06. The molecule has 0 spiro atoms. The van der Waals surface area contributed by atoms with Crippen molar-refractivity contribution in [2.45, 2.75) is 0 Å². The van der Waals surface area contributed by atoms with Gasteiger partial charge in [0.2, 0.25) is 0 Å². The van der Waals surface area contributed by atoms with Gasteiger partial charge in [0.05, 0.1) is 7.57 Å². The molecule has 0 amide bonds. The van der Waals surface area contributed by atoms with Gasteiger partial charge in [-0.25, -0.2) is 0 Å². The minimum absolute atomic E-state index is 0.0752. The summed E-state index contributed by atoms with van der Waals surface area (Å²) in [5.74, 6) is 0.0752. The molecular weight excluding hydrogens is 214 g/mol. The third kappa shape index (κ3) is 3.32. The highest BCUT2D eigenvalue weighted by Gasteiger charge is 2.06. The summed E-state index contributed by atoms with van der Waals surface area (Å²) in [6.45, 7) is 0. The van der Waals surface area contributed by atoms with E-state index >= 15 is 0 Å². The molecule has 0 saturated carbocycles. The highest BCUT2D eigenvalue weighted by Crippen LogP contribution is 2.08. The third-order valence-corrected chi connectivity index (χ3v) is 2.07. The summed E-state index contributed by atoms with van der Waals surface area (Å²) in [7, 11) is 6.33. The van der Waals surface area contributed by atoms with Crippen molar-refractivity contribution in [1.29, 1.82) is 0 Å². The summed E-state index contributed by atoms with van der Waals surface area (Å²) < 4.78 is 0. The largest absolute Gasteiger partial charge is 0.289 e. The van der Waals surface area contributed by atoms with Crippen molar-refractivity contribution < 1.29 is 4.79 Å². The van der Waals surface area contributed by atoms with E-state index in [1.807, 2.05) is 69.8 Å². The van der Waals surface area contributed by atoms with Gasteiger partial charge in [0.25, 0.3) is 0 Å². The smallest absolute Gasteiger partial charge is 0.193 e. The SMILES string of the molecule is O=C(c1ccccc1)c1ccccc1.[B]P. The van der Waals surface area contributed by atoms with Crippen LogP contribution in [-0.4, -0.2) is 13.3 Å². The Morgan fingerprint density at radius 1 is 0.750 bits per heavy atom. The zero-order valence-corrected chi connectivity index (χ0v) is 9.99. The van der Waals surface area contributed by atoms with Gasteiger partial charge in [-0.05, 0) is 0 Å². The van der Waals surface area contributed by atoms with E-state index in [1.54, 1.807) is 0 Å². The molecule has 78 valence electrons. The molecule has 0 bridgehead atoms. The number of hydrogen-bond donors (Lipinski definition) is 0. The highest BCUT2D eigenvalue weighted by molar-refractivity contribution is 7.49. The molecule has 16 heavy (non-hydrogen) atoms. The first-order valence-electron chi connectivity index (χ1n) is 4.86. The Kier molecular flexibility index (Phi) is 5.52. The predicted molar refractivity (Wildman–Crippen MR) is 71.8 cm³/mol. The molecule has 2 aromatic rings. The maximum absolute atomic E-state index is 11.8. The summed E-state index contributed by atoms with van der Waals surface area (Å²) in [6.07, 6.45) is 0. The molecule has 0 fully saturated rings. The number of rotatable bonds is 2. The highest BCUT2D eigenvalue weighted by atomic mass is 31.0. The normalized spacial score (nSPS) is 8.81. The average molecular weight is 226 g/mol. The summed E-state index contributed by atoms with van der Waals surface area (Å²) in [5, 5.41) is 0. The van der Waals surface area contributed by atoms with E-state index in [2.05, 4.69) is 7.57 Å². The van der Waals surface area contributed by atoms with Gasteiger partial charge >= 0.3 is 0 Å². The van der Waals surface area contributed by atoms with Gasteiger partial charge in [0.15, 0.2) is 5.78 Å². The minimum atomic E-state index is 0.0752. The van der Waals surface area contributed by atoms with Crippen LogP contribution >= 0.6 is 9.12 Å². The van der Waals surface area contributed by atoms with E-state index in [4.69, 9.17) is 0 Å². The van der Waals surface area contributed by atoms with Crippen LogP contribution in [0.3, 0.4) is 0 Å². The van der Waals surface area contributed by atoms with E-state index in [0.717, 1.165) is 11.1 Å². The van der Waals surface area contributed by atoms with Gasteiger partial charge in [-0.3, -0.25) is 4.79 Å². The lowest BCUT2D eigenvalue weighted by atomic mass is 10.0. The minimum Gasteiger partial charge on any atom is -0.289 e. The van der Waals surface area contributed by atoms with Crippen molar-refractivity contribution in [3.8, 4) is 0 Å². The molecule has 0 saturated heterocycles. The number of carbonyl (C=O) groups excluding carboxylic acids is 1. The fourth-order valence-corrected chi connectivity index (χ4v) is 1.35. The van der Waals surface area contributed by atoms with Crippen LogP contribution in [0.25, 0.3) is 0 Å². The summed E-state index contributed by atoms with van der Waals surface area (Å²) >= 11 is 0. The predicted octanol–water partition coefficient (Wildman–Crippen LogP) is 2.86. The van der Waals surface area contributed by atoms with Gasteiger partial charge in [0.1, 0.15) is 0 Å². The topological polar surface area (TPSA) is 17.1 Å². The van der Waals surface area contributed by atoms with Crippen LogP contribution in [0, 0.1) is 0 Å². The second kappa shape index (κ2) is 6.97. The molecule has 0 aliphatic carbocycles. The maximum Gasteiger partial charge on any atom is 0.193 e. The van der Waals surface area contributed by atoms with E-state index < -0.39 is 0 Å². The van der Waals surface area contributed by atoms with Crippen molar-refractivity contribution in [3.05, 3.63) is 71.8 Å². The van der Waals surface area contributed by atoms with Crippen molar-refractivity contribution >= 4 is 22.5 Å². The molecule has 2 radical (unpaired) electrons. The molecule has 1 unspecified atom stereocenters. The van der Waals surface area contributed by atoms with Gasteiger partial charge in [-0.2, -0.15) is 9.12 Å². The number of carbonyl (C=O) groups is 1. The van der Waals surface area contributed by atoms with Gasteiger partial charge < -0.3 is 0 Å². The van der Waals surface area contributed by atoms with Gasteiger partial charge in [-0.15, -0.1) is 0 Å². The molecule has 2 aromatic carbocycles. The maximum atomic E-state index is 11.8. The van der Waals surface area contributed by atoms with Crippen molar-refractivity contribution in [1.82, 2.24) is 0 Å². The Hall–Kier alpha value is -1.40. The second-order valence-electron chi connectivity index (χ2n) is 3.06. The van der Waals surface area contributed by atoms with E-state index in [0.29, 0.717) is 0 Å². The van der Waals surface area contributed by atoms with E-state index in [9.17, 15) is 4.79 Å². The monoisotopic (exact) mass is 226 g/mol. The Balaban J connectivity index is 0.000000606. The Bertz CT molecular complexity index is 387. The van der Waals surface area contributed by atoms with Crippen molar-refractivity contribution in [2.24, 2.45) is 0 Å². The van der Waals surface area contributed by atoms with Gasteiger partial charge in [-0.1, -0.05) is 60.7 Å². The zero-order valence-electron chi connectivity index (χ0n) is 8.84. The van der Waals surface area contributed by atoms with Crippen LogP contribution in [0.2, 0.25) is 0 Å². The Morgan fingerprint density at radius 3 is 1.38 bits per heavy atom. The van der Waals surface area contributed by atoms with Crippen LogP contribution in [0.15, 0.2) is 60.7 Å². The van der Waals surface area contributed by atoms with Gasteiger partial charge in [0, 0.05) is 11.1 Å². The molecule has 0 N–H and O–H groups in total. The van der Waals surface area contributed by atoms with Crippen molar-refractivity contribution in [2.75, 3.05) is 0 Å². The lowest BCUT2D eigenvalue weighted by Gasteiger charge is -1.99. The molecule has 3 heteroatoms. The van der Waals surface area contributed by atoms with Crippen LogP contribution in [-0.2, 0) is 0 Å². The van der Waals surface area contributed by atoms with Crippen LogP contribution in [0.5, 0.6) is 0 Å². The molecular formula is C13H12BOP. The average Bonchev–Trinajstić information content (AvgIpc) is 2.42. The third-order valence-electron chi connectivity index (χ3n) is 2.07. The first-order chi connectivity index (χ1) is 7.88. The van der Waals surface area contributed by atoms with Crippen LogP contribution < -0.4 is 0 Å². The van der Waals surface area contributed by atoms with Crippen LogP contribution in [0.4, 0.5) is 0 Å². The number of benzene rings is 2. The Labute approximate surface area is 99.5 Å². The summed E-state index contributed by atoms with van der Waals surface area (Å²) in [5.41, 5.74) is 1.47. The molecule has 2 rings (SSSR count). The quantitative estimate of drug-likeness (QED) is 0.437. The fourth-order valence-electron chi connectivity index (χ4n) is 1.35.